The Hall–Kier alpha value is -3.53. The fourth-order valence-corrected chi connectivity index (χ4v) is 3.69. The quantitative estimate of drug-likeness (QED) is 0.565. The normalized spacial score (nSPS) is 15.5. The van der Waals surface area contributed by atoms with E-state index in [1.807, 2.05) is 33.9 Å². The number of nitrogens with one attached hydrogen (secondary N) is 2. The Morgan fingerprint density at radius 1 is 1.27 bits per heavy atom. The number of pyridine rings is 1. The molecule has 0 aliphatic carbocycles. The van der Waals surface area contributed by atoms with E-state index in [0.29, 0.717) is 23.7 Å². The highest BCUT2D eigenvalue weighted by molar-refractivity contribution is 6.03. The zero-order chi connectivity index (χ0) is 23.7. The summed E-state index contributed by atoms with van der Waals surface area (Å²) in [4.78, 5) is 18.8. The van der Waals surface area contributed by atoms with Gasteiger partial charge in [0.1, 0.15) is 17.5 Å². The molecule has 0 spiro atoms. The lowest BCUT2D eigenvalue weighted by Crippen LogP contribution is -2.49. The van der Waals surface area contributed by atoms with Crippen LogP contribution in [0, 0.1) is 18.6 Å². The van der Waals surface area contributed by atoms with Gasteiger partial charge >= 0.3 is 0 Å². The molecule has 2 aromatic heterocycles. The zero-order valence-corrected chi connectivity index (χ0v) is 18.9. The summed E-state index contributed by atoms with van der Waals surface area (Å²) in [6.45, 7) is 6.14. The van der Waals surface area contributed by atoms with E-state index in [9.17, 15) is 13.6 Å². The summed E-state index contributed by atoms with van der Waals surface area (Å²) >= 11 is 0. The summed E-state index contributed by atoms with van der Waals surface area (Å²) in [5.74, 6) is -0.569. The number of amides is 1. The highest BCUT2D eigenvalue weighted by Crippen LogP contribution is 2.35. The fraction of sp³-hybridized carbons (Fsp3) is 0.348. The van der Waals surface area contributed by atoms with Gasteiger partial charge in [0.25, 0.3) is 5.91 Å². The van der Waals surface area contributed by atoms with Crippen molar-refractivity contribution in [1.82, 2.24) is 14.8 Å². The number of aryl methyl sites for hydroxylation is 1. The summed E-state index contributed by atoms with van der Waals surface area (Å²) < 4.78 is 34.6. The van der Waals surface area contributed by atoms with E-state index in [-0.39, 0.29) is 24.1 Å². The van der Waals surface area contributed by atoms with Gasteiger partial charge in [-0.2, -0.15) is 5.10 Å². The molecular weight excluding hydrogens is 430 g/mol. The first-order chi connectivity index (χ1) is 15.7. The van der Waals surface area contributed by atoms with Gasteiger partial charge in [0.05, 0.1) is 35.9 Å². The van der Waals surface area contributed by atoms with Crippen LogP contribution in [0.5, 0.6) is 0 Å². The second kappa shape index (κ2) is 9.14. The second-order valence-corrected chi connectivity index (χ2v) is 8.26. The molecule has 8 nitrogen and oxygen atoms in total. The van der Waals surface area contributed by atoms with Crippen molar-refractivity contribution in [2.45, 2.75) is 46.2 Å². The van der Waals surface area contributed by atoms with Crippen LogP contribution in [0.4, 0.5) is 26.0 Å². The van der Waals surface area contributed by atoms with E-state index in [1.54, 1.807) is 22.0 Å². The van der Waals surface area contributed by atoms with Gasteiger partial charge in [0.15, 0.2) is 0 Å². The molecule has 1 amide bonds. The van der Waals surface area contributed by atoms with Crippen molar-refractivity contribution >= 4 is 23.1 Å². The average molecular weight is 456 g/mol. The molecule has 3 aromatic rings. The monoisotopic (exact) mass is 456 g/mol. The van der Waals surface area contributed by atoms with Gasteiger partial charge in [-0.25, -0.2) is 13.8 Å². The van der Waals surface area contributed by atoms with E-state index in [1.165, 1.54) is 6.07 Å². The van der Waals surface area contributed by atoms with Crippen molar-refractivity contribution in [3.63, 3.8) is 0 Å². The Kier molecular flexibility index (Phi) is 6.28. The van der Waals surface area contributed by atoms with Crippen molar-refractivity contribution in [3.8, 4) is 0 Å². The summed E-state index contributed by atoms with van der Waals surface area (Å²) in [6.07, 6.45) is 2.59. The molecule has 33 heavy (non-hydrogen) atoms. The molecule has 0 fully saturated rings. The van der Waals surface area contributed by atoms with E-state index in [0.717, 1.165) is 23.4 Å². The van der Waals surface area contributed by atoms with Crippen molar-refractivity contribution in [2.75, 3.05) is 22.6 Å². The lowest BCUT2D eigenvalue weighted by Gasteiger charge is -2.36. The molecule has 1 atom stereocenters. The molecule has 10 heteroatoms. The van der Waals surface area contributed by atoms with Crippen LogP contribution in [0.25, 0.3) is 0 Å². The number of halogens is 2. The van der Waals surface area contributed by atoms with Gasteiger partial charge in [0, 0.05) is 37.0 Å². The van der Waals surface area contributed by atoms with Gasteiger partial charge in [-0.15, -0.1) is 0 Å². The summed E-state index contributed by atoms with van der Waals surface area (Å²) in [6, 6.07) is 5.22. The number of ether oxygens (including phenoxy) is 1. The van der Waals surface area contributed by atoms with Crippen molar-refractivity contribution in [1.29, 1.82) is 0 Å². The first kappa shape index (κ1) is 22.7. The number of hydrogen-bond donors (Lipinski definition) is 2. The van der Waals surface area contributed by atoms with Crippen molar-refractivity contribution in [2.24, 2.45) is 0 Å². The minimum Gasteiger partial charge on any atom is -0.366 e. The smallest absolute Gasteiger partial charge is 0.274 e. The first-order valence-corrected chi connectivity index (χ1v) is 10.6. The van der Waals surface area contributed by atoms with Crippen molar-refractivity contribution < 1.29 is 18.3 Å². The lowest BCUT2D eigenvalue weighted by atomic mass is 10.1. The van der Waals surface area contributed by atoms with E-state index in [4.69, 9.17) is 4.74 Å². The molecule has 0 radical (unpaired) electrons. The van der Waals surface area contributed by atoms with E-state index >= 15 is 0 Å². The maximum Gasteiger partial charge on any atom is 0.274 e. The molecule has 2 N–H and O–H groups in total. The maximum absolute atomic E-state index is 13.9. The maximum atomic E-state index is 13.9. The third kappa shape index (κ3) is 4.95. The Morgan fingerprint density at radius 3 is 2.82 bits per heavy atom. The highest BCUT2D eigenvalue weighted by Gasteiger charge is 2.33. The van der Waals surface area contributed by atoms with Gasteiger partial charge in [-0.05, 0) is 39.0 Å². The van der Waals surface area contributed by atoms with Crippen LogP contribution >= 0.6 is 0 Å². The third-order valence-corrected chi connectivity index (χ3v) is 5.29. The minimum atomic E-state index is -0.728. The minimum absolute atomic E-state index is 0.109. The standard InChI is InChI=1S/C23H26F2N6O2/c1-13(2)33-23-22(32)29-21-14(3)28-20(8-19(21)30(23)4)26-9-15-10-27-31(11-15)12-16-7-17(24)5-6-18(16)25/h5-8,10-11,13,23H,9,12H2,1-4H3,(H,26,28)(H,29,32). The molecular formula is C23H26F2N6O2. The molecule has 0 bridgehead atoms. The lowest BCUT2D eigenvalue weighted by molar-refractivity contribution is -0.130. The number of hydrogen-bond acceptors (Lipinski definition) is 6. The molecule has 1 aliphatic rings. The molecule has 0 saturated heterocycles. The predicted octanol–water partition coefficient (Wildman–Crippen LogP) is 3.66. The Bertz CT molecular complexity index is 1180. The summed E-state index contributed by atoms with van der Waals surface area (Å²) in [5.41, 5.74) is 3.21. The molecule has 4 rings (SSSR count). The molecule has 174 valence electrons. The van der Waals surface area contributed by atoms with Crippen LogP contribution in [0.1, 0.15) is 30.7 Å². The zero-order valence-electron chi connectivity index (χ0n) is 18.9. The van der Waals surface area contributed by atoms with Crippen LogP contribution in [-0.4, -0.2) is 40.1 Å². The molecule has 1 aliphatic heterocycles. The predicted molar refractivity (Wildman–Crippen MR) is 121 cm³/mol. The van der Waals surface area contributed by atoms with Crippen molar-refractivity contribution in [3.05, 3.63) is 65.1 Å². The summed E-state index contributed by atoms with van der Waals surface area (Å²) in [5, 5.41) is 10.4. The number of carbonyl (C=O) groups excluding carboxylic acids is 1. The molecule has 1 unspecified atom stereocenters. The number of nitrogens with zero attached hydrogens (tertiary/aromatic N) is 4. The Morgan fingerprint density at radius 2 is 2.06 bits per heavy atom. The van der Waals surface area contributed by atoms with Gasteiger partial charge < -0.3 is 20.3 Å². The van der Waals surface area contributed by atoms with Gasteiger partial charge in [-0.1, -0.05) is 0 Å². The highest BCUT2D eigenvalue weighted by atomic mass is 19.1. The van der Waals surface area contributed by atoms with E-state index < -0.39 is 17.9 Å². The number of likely N-dealkylation sites (N-methyl/N-ethyl adjacent to an activating group) is 1. The third-order valence-electron chi connectivity index (χ3n) is 5.29. The van der Waals surface area contributed by atoms with Crippen LogP contribution < -0.4 is 15.5 Å². The number of carbonyl (C=O) groups is 1. The van der Waals surface area contributed by atoms with Crippen LogP contribution in [0.15, 0.2) is 36.7 Å². The van der Waals surface area contributed by atoms with Gasteiger partial charge in [-0.3, -0.25) is 9.48 Å². The Balaban J connectivity index is 1.47. The SMILES string of the molecule is Cc1nc(NCc2cnn(Cc3cc(F)ccc3F)c2)cc2c1NC(=O)C(OC(C)C)N2C. The molecule has 3 heterocycles. The van der Waals surface area contributed by atoms with Gasteiger partial charge in [0.2, 0.25) is 6.23 Å². The fourth-order valence-electron chi connectivity index (χ4n) is 3.69. The largest absolute Gasteiger partial charge is 0.366 e. The first-order valence-electron chi connectivity index (χ1n) is 10.6. The molecule has 0 saturated carbocycles. The number of rotatable bonds is 7. The number of anilines is 3. The van der Waals surface area contributed by atoms with Crippen LogP contribution in [-0.2, 0) is 22.6 Å². The number of fused-ring (bicyclic) bond motifs is 1. The average Bonchev–Trinajstić information content (AvgIpc) is 3.20. The summed E-state index contributed by atoms with van der Waals surface area (Å²) in [7, 11) is 1.81. The Labute approximate surface area is 190 Å². The number of benzene rings is 1. The topological polar surface area (TPSA) is 84.3 Å². The second-order valence-electron chi connectivity index (χ2n) is 8.26. The van der Waals surface area contributed by atoms with Crippen LogP contribution in [0.3, 0.4) is 0 Å². The molecule has 1 aromatic carbocycles. The number of aromatic nitrogens is 3. The van der Waals surface area contributed by atoms with Crippen LogP contribution in [0.2, 0.25) is 0 Å². The van der Waals surface area contributed by atoms with E-state index in [2.05, 4.69) is 20.7 Å².